The molecule has 152 valence electrons. The number of nitrogens with zero attached hydrogens (tertiary/aromatic N) is 2. The largest absolute Gasteiger partial charge is 0.313 e. The monoisotopic (exact) mass is 401 g/mol. The first-order valence-corrected chi connectivity index (χ1v) is 8.82. The van der Waals surface area contributed by atoms with E-state index in [4.69, 9.17) is 0 Å². The van der Waals surface area contributed by atoms with Crippen molar-refractivity contribution in [3.8, 4) is 11.3 Å². The zero-order chi connectivity index (χ0) is 20.9. The predicted molar refractivity (Wildman–Crippen MR) is 93.9 cm³/mol. The van der Waals surface area contributed by atoms with E-state index < -0.39 is 42.3 Å². The third-order valence-electron chi connectivity index (χ3n) is 4.97. The maximum atomic E-state index is 13.4. The van der Waals surface area contributed by atoms with Crippen LogP contribution in [0.25, 0.3) is 11.3 Å². The molecule has 1 heterocycles. The van der Waals surface area contributed by atoms with Gasteiger partial charge in [0.15, 0.2) is 0 Å². The second-order valence-electron chi connectivity index (χ2n) is 7.38. The lowest BCUT2D eigenvalue weighted by Crippen LogP contribution is -2.59. The minimum atomic E-state index is -4.18. The fraction of sp³-hybridized carbons (Fsp3) is 0.474. The van der Waals surface area contributed by atoms with Gasteiger partial charge >= 0.3 is 11.8 Å². The van der Waals surface area contributed by atoms with Crippen LogP contribution in [0.2, 0.25) is 0 Å². The topological polar surface area (TPSA) is 46.9 Å². The van der Waals surface area contributed by atoms with Crippen molar-refractivity contribution in [2.24, 2.45) is 13.0 Å². The second kappa shape index (κ2) is 6.86. The number of rotatable bonds is 5. The molecule has 1 N–H and O–H groups in total. The molecule has 0 saturated heterocycles. The van der Waals surface area contributed by atoms with E-state index in [0.717, 1.165) is 0 Å². The number of anilines is 1. The summed E-state index contributed by atoms with van der Waals surface area (Å²) in [5, 5.41) is 6.90. The van der Waals surface area contributed by atoms with Crippen LogP contribution >= 0.6 is 0 Å². The molecule has 1 fully saturated rings. The molecule has 0 unspecified atom stereocenters. The molecule has 1 atom stereocenters. The minimum absolute atomic E-state index is 0.0986. The van der Waals surface area contributed by atoms with Crippen molar-refractivity contribution in [2.75, 3.05) is 5.32 Å². The average molecular weight is 401 g/mol. The Morgan fingerprint density at radius 3 is 2.36 bits per heavy atom. The molecule has 28 heavy (non-hydrogen) atoms. The van der Waals surface area contributed by atoms with Gasteiger partial charge in [0, 0.05) is 36.9 Å². The third kappa shape index (κ3) is 3.38. The zero-order valence-corrected chi connectivity index (χ0v) is 15.6. The summed E-state index contributed by atoms with van der Waals surface area (Å²) >= 11 is 0. The molecular weight excluding hydrogens is 381 g/mol. The lowest BCUT2D eigenvalue weighted by Gasteiger charge is -2.43. The van der Waals surface area contributed by atoms with E-state index in [9.17, 15) is 26.7 Å². The maximum absolute atomic E-state index is 13.4. The third-order valence-corrected chi connectivity index (χ3v) is 4.97. The summed E-state index contributed by atoms with van der Waals surface area (Å²) in [5.74, 6) is -10.9. The standard InChI is InChI=1S/C19H20F5N3O/c1-10(2)15-16(11-4-6-13(20)7-5-11)26-27(3)17(15)25-14(28)8-12-9-18(21,22)19(12,23)24/h4-7,10,12H,8-9H2,1-3H3,(H,25,28)/t12-/m0/s1. The van der Waals surface area contributed by atoms with Gasteiger partial charge in [0.1, 0.15) is 11.6 Å². The van der Waals surface area contributed by atoms with Crippen molar-refractivity contribution < 1.29 is 26.7 Å². The van der Waals surface area contributed by atoms with Crippen molar-refractivity contribution in [3.05, 3.63) is 35.6 Å². The van der Waals surface area contributed by atoms with E-state index in [-0.39, 0.29) is 5.92 Å². The van der Waals surface area contributed by atoms with Crippen LogP contribution in [0, 0.1) is 11.7 Å². The lowest BCUT2D eigenvalue weighted by atomic mass is 9.74. The molecule has 0 spiro atoms. The van der Waals surface area contributed by atoms with Gasteiger partial charge in [-0.1, -0.05) is 13.8 Å². The van der Waals surface area contributed by atoms with Crippen molar-refractivity contribution in [3.63, 3.8) is 0 Å². The molecule has 4 nitrogen and oxygen atoms in total. The fourth-order valence-corrected chi connectivity index (χ4v) is 3.40. The summed E-state index contributed by atoms with van der Waals surface area (Å²) in [6, 6.07) is 5.66. The Bertz CT molecular complexity index is 890. The number of aryl methyl sites for hydroxylation is 1. The van der Waals surface area contributed by atoms with Crippen LogP contribution in [0.1, 0.15) is 38.2 Å². The SMILES string of the molecule is CC(C)c1c(-c2ccc(F)cc2)nn(C)c1NC(=O)C[C@H]1CC(F)(F)C1(F)F. The summed E-state index contributed by atoms with van der Waals surface area (Å²) in [7, 11) is 1.57. The van der Waals surface area contributed by atoms with Gasteiger partial charge in [-0.15, -0.1) is 0 Å². The van der Waals surface area contributed by atoms with E-state index in [1.807, 2.05) is 13.8 Å². The van der Waals surface area contributed by atoms with Gasteiger partial charge in [-0.25, -0.2) is 4.39 Å². The number of halogens is 5. The number of hydrogen-bond donors (Lipinski definition) is 1. The highest BCUT2D eigenvalue weighted by atomic mass is 19.3. The van der Waals surface area contributed by atoms with Crippen LogP contribution in [-0.4, -0.2) is 27.5 Å². The number of nitrogens with one attached hydrogen (secondary N) is 1. The molecule has 0 bridgehead atoms. The Kier molecular flexibility index (Phi) is 4.97. The number of carbonyl (C=O) groups is 1. The Balaban J connectivity index is 1.84. The minimum Gasteiger partial charge on any atom is -0.311 e. The Morgan fingerprint density at radius 2 is 1.86 bits per heavy atom. The Hall–Kier alpha value is -2.45. The molecule has 1 aromatic carbocycles. The van der Waals surface area contributed by atoms with Gasteiger partial charge in [-0.3, -0.25) is 9.48 Å². The Labute approximate surface area is 158 Å². The van der Waals surface area contributed by atoms with E-state index in [1.165, 1.54) is 16.8 Å². The fourth-order valence-electron chi connectivity index (χ4n) is 3.40. The number of carbonyl (C=O) groups excluding carboxylic acids is 1. The van der Waals surface area contributed by atoms with Gasteiger partial charge in [-0.2, -0.15) is 22.7 Å². The van der Waals surface area contributed by atoms with Crippen LogP contribution in [0.4, 0.5) is 27.8 Å². The molecule has 1 aliphatic carbocycles. The first kappa shape index (κ1) is 20.3. The number of alkyl halides is 4. The van der Waals surface area contributed by atoms with Crippen LogP contribution < -0.4 is 5.32 Å². The predicted octanol–water partition coefficient (Wildman–Crippen LogP) is 4.97. The first-order chi connectivity index (χ1) is 12.9. The van der Waals surface area contributed by atoms with E-state index in [2.05, 4.69) is 10.4 Å². The number of aromatic nitrogens is 2. The summed E-state index contributed by atoms with van der Waals surface area (Å²) < 4.78 is 67.4. The van der Waals surface area contributed by atoms with Crippen molar-refractivity contribution >= 4 is 11.7 Å². The molecular formula is C19H20F5N3O. The normalized spacial score (nSPS) is 20.1. The number of amides is 1. The summed E-state index contributed by atoms with van der Waals surface area (Å²) in [6.45, 7) is 3.72. The van der Waals surface area contributed by atoms with Crippen molar-refractivity contribution in [1.82, 2.24) is 9.78 Å². The molecule has 0 radical (unpaired) electrons. The highest BCUT2D eigenvalue weighted by Crippen LogP contribution is 2.56. The number of hydrogen-bond acceptors (Lipinski definition) is 2. The molecule has 0 aliphatic heterocycles. The van der Waals surface area contributed by atoms with E-state index in [1.54, 1.807) is 19.2 Å². The molecule has 1 saturated carbocycles. The summed E-state index contributed by atoms with van der Waals surface area (Å²) in [4.78, 5) is 12.3. The van der Waals surface area contributed by atoms with Gasteiger partial charge in [0.2, 0.25) is 5.91 Å². The van der Waals surface area contributed by atoms with E-state index in [0.29, 0.717) is 22.6 Å². The van der Waals surface area contributed by atoms with Crippen LogP contribution in [-0.2, 0) is 11.8 Å². The maximum Gasteiger partial charge on any atom is 0.313 e. The summed E-state index contributed by atoms with van der Waals surface area (Å²) in [5.41, 5.74) is 1.80. The smallest absolute Gasteiger partial charge is 0.311 e. The molecule has 1 amide bonds. The van der Waals surface area contributed by atoms with Crippen molar-refractivity contribution in [1.29, 1.82) is 0 Å². The lowest BCUT2D eigenvalue weighted by molar-refractivity contribution is -0.313. The van der Waals surface area contributed by atoms with Gasteiger partial charge < -0.3 is 5.32 Å². The molecule has 9 heteroatoms. The van der Waals surface area contributed by atoms with Gasteiger partial charge in [0.25, 0.3) is 0 Å². The molecule has 3 rings (SSSR count). The highest BCUT2D eigenvalue weighted by Gasteiger charge is 2.71. The van der Waals surface area contributed by atoms with Gasteiger partial charge in [-0.05, 0) is 30.2 Å². The molecule has 1 aromatic heterocycles. The number of benzene rings is 1. The zero-order valence-electron chi connectivity index (χ0n) is 15.6. The average Bonchev–Trinajstić information content (AvgIpc) is 2.91. The van der Waals surface area contributed by atoms with Crippen LogP contribution in [0.5, 0.6) is 0 Å². The quantitative estimate of drug-likeness (QED) is 0.720. The molecule has 1 aliphatic rings. The second-order valence-corrected chi connectivity index (χ2v) is 7.38. The van der Waals surface area contributed by atoms with E-state index >= 15 is 0 Å². The van der Waals surface area contributed by atoms with Crippen molar-refractivity contribution in [2.45, 2.75) is 44.5 Å². The first-order valence-electron chi connectivity index (χ1n) is 8.82. The highest BCUT2D eigenvalue weighted by molar-refractivity contribution is 5.92. The molecule has 2 aromatic rings. The summed E-state index contributed by atoms with van der Waals surface area (Å²) in [6.07, 6.45) is -1.73. The van der Waals surface area contributed by atoms with Crippen LogP contribution in [0.3, 0.4) is 0 Å². The Morgan fingerprint density at radius 1 is 1.25 bits per heavy atom. The van der Waals surface area contributed by atoms with Gasteiger partial charge in [0.05, 0.1) is 5.69 Å². The van der Waals surface area contributed by atoms with Crippen LogP contribution in [0.15, 0.2) is 24.3 Å².